The maximum absolute atomic E-state index is 13.3. The molecule has 96 valence electrons. The number of benzene rings is 1. The summed E-state index contributed by atoms with van der Waals surface area (Å²) in [5.74, 6) is 0.392. The Kier molecular flexibility index (Phi) is 5.42. The molecule has 1 rings (SSSR count). The average Bonchev–Trinajstić information content (AvgIpc) is 2.29. The number of rotatable bonds is 6. The average molecular weight is 239 g/mol. The van der Waals surface area contributed by atoms with Crippen LogP contribution in [0.1, 0.15) is 45.7 Å². The zero-order chi connectivity index (χ0) is 12.8. The molecule has 0 heterocycles. The monoisotopic (exact) mass is 239 g/mol. The van der Waals surface area contributed by atoms with Crippen LogP contribution in [0.3, 0.4) is 0 Å². The van der Waals surface area contributed by atoms with Gasteiger partial charge in [-0.2, -0.15) is 0 Å². The van der Waals surface area contributed by atoms with Gasteiger partial charge in [-0.05, 0) is 32.9 Å². The standard InChI is InChI=1S/C14H22FNO/c1-5-10(3)17-14-9-12(15)7-8-13(14)11(4)16-6-2/h7-11,16H,5-6H2,1-4H3. The molecule has 0 aromatic heterocycles. The summed E-state index contributed by atoms with van der Waals surface area (Å²) in [7, 11) is 0. The van der Waals surface area contributed by atoms with E-state index in [1.54, 1.807) is 6.07 Å². The summed E-state index contributed by atoms with van der Waals surface area (Å²) in [6, 6.07) is 4.90. The van der Waals surface area contributed by atoms with Gasteiger partial charge in [0.15, 0.2) is 0 Å². The Hall–Kier alpha value is -1.09. The van der Waals surface area contributed by atoms with Crippen molar-refractivity contribution in [3.8, 4) is 5.75 Å². The molecule has 1 N–H and O–H groups in total. The van der Waals surface area contributed by atoms with E-state index in [4.69, 9.17) is 4.74 Å². The van der Waals surface area contributed by atoms with Crippen LogP contribution in [0.5, 0.6) is 5.75 Å². The molecule has 0 aliphatic rings. The van der Waals surface area contributed by atoms with Crippen LogP contribution in [0.15, 0.2) is 18.2 Å². The molecule has 0 bridgehead atoms. The fourth-order valence-electron chi connectivity index (χ4n) is 1.68. The van der Waals surface area contributed by atoms with Crippen LogP contribution in [0, 0.1) is 5.82 Å². The molecule has 0 amide bonds. The van der Waals surface area contributed by atoms with Gasteiger partial charge in [0.2, 0.25) is 0 Å². The minimum atomic E-state index is -0.254. The first kappa shape index (κ1) is 14.0. The van der Waals surface area contributed by atoms with Crippen LogP contribution >= 0.6 is 0 Å². The molecule has 3 heteroatoms. The quantitative estimate of drug-likeness (QED) is 0.817. The van der Waals surface area contributed by atoms with Crippen LogP contribution in [0.25, 0.3) is 0 Å². The van der Waals surface area contributed by atoms with Crippen molar-refractivity contribution >= 4 is 0 Å². The minimum absolute atomic E-state index is 0.101. The van der Waals surface area contributed by atoms with Gasteiger partial charge in [-0.15, -0.1) is 0 Å². The van der Waals surface area contributed by atoms with E-state index in [1.807, 2.05) is 6.92 Å². The van der Waals surface area contributed by atoms with Crippen molar-refractivity contribution in [1.29, 1.82) is 0 Å². The zero-order valence-electron chi connectivity index (χ0n) is 11.1. The van der Waals surface area contributed by atoms with Gasteiger partial charge < -0.3 is 10.1 Å². The third kappa shape index (κ3) is 4.00. The van der Waals surface area contributed by atoms with Gasteiger partial charge in [0, 0.05) is 17.7 Å². The molecule has 0 fully saturated rings. The molecule has 0 aliphatic heterocycles. The molecule has 17 heavy (non-hydrogen) atoms. The fraction of sp³-hybridized carbons (Fsp3) is 0.571. The molecule has 1 aromatic carbocycles. The Balaban J connectivity index is 2.94. The van der Waals surface area contributed by atoms with Crippen LogP contribution in [0.2, 0.25) is 0 Å². The molecule has 1 aromatic rings. The second-order valence-electron chi connectivity index (χ2n) is 4.30. The fourth-order valence-corrected chi connectivity index (χ4v) is 1.68. The van der Waals surface area contributed by atoms with Crippen molar-refractivity contribution in [3.63, 3.8) is 0 Å². The van der Waals surface area contributed by atoms with E-state index in [1.165, 1.54) is 12.1 Å². The number of hydrogen-bond acceptors (Lipinski definition) is 2. The van der Waals surface area contributed by atoms with Crippen LogP contribution < -0.4 is 10.1 Å². The first-order chi connectivity index (χ1) is 8.08. The lowest BCUT2D eigenvalue weighted by Crippen LogP contribution is -2.20. The molecule has 0 radical (unpaired) electrons. The lowest BCUT2D eigenvalue weighted by molar-refractivity contribution is 0.213. The highest BCUT2D eigenvalue weighted by atomic mass is 19.1. The van der Waals surface area contributed by atoms with E-state index in [0.717, 1.165) is 18.5 Å². The van der Waals surface area contributed by atoms with E-state index in [2.05, 4.69) is 26.1 Å². The highest BCUT2D eigenvalue weighted by Crippen LogP contribution is 2.27. The van der Waals surface area contributed by atoms with Crippen molar-refractivity contribution in [2.24, 2.45) is 0 Å². The van der Waals surface area contributed by atoms with Gasteiger partial charge >= 0.3 is 0 Å². The van der Waals surface area contributed by atoms with Crippen LogP contribution in [0.4, 0.5) is 4.39 Å². The van der Waals surface area contributed by atoms with Crippen LogP contribution in [-0.4, -0.2) is 12.6 Å². The van der Waals surface area contributed by atoms with E-state index in [-0.39, 0.29) is 18.0 Å². The predicted molar refractivity (Wildman–Crippen MR) is 68.9 cm³/mol. The van der Waals surface area contributed by atoms with Gasteiger partial charge in [0.05, 0.1) is 6.10 Å². The lowest BCUT2D eigenvalue weighted by atomic mass is 10.1. The van der Waals surface area contributed by atoms with Crippen molar-refractivity contribution in [3.05, 3.63) is 29.6 Å². The Bertz CT molecular complexity index is 354. The summed E-state index contributed by atoms with van der Waals surface area (Å²) in [5, 5.41) is 3.31. The number of ether oxygens (including phenoxy) is 1. The van der Waals surface area contributed by atoms with Crippen molar-refractivity contribution in [2.75, 3.05) is 6.54 Å². The van der Waals surface area contributed by atoms with Gasteiger partial charge in [-0.3, -0.25) is 0 Å². The smallest absolute Gasteiger partial charge is 0.127 e. The lowest BCUT2D eigenvalue weighted by Gasteiger charge is -2.20. The Labute approximate surface area is 103 Å². The number of hydrogen-bond donors (Lipinski definition) is 1. The second-order valence-corrected chi connectivity index (χ2v) is 4.30. The van der Waals surface area contributed by atoms with Gasteiger partial charge in [-0.1, -0.05) is 19.9 Å². The van der Waals surface area contributed by atoms with Gasteiger partial charge in [0.25, 0.3) is 0 Å². The molecular formula is C14H22FNO. The third-order valence-electron chi connectivity index (χ3n) is 2.86. The topological polar surface area (TPSA) is 21.3 Å². The predicted octanol–water partition coefficient (Wildman–Crippen LogP) is 3.67. The highest BCUT2D eigenvalue weighted by molar-refractivity contribution is 5.36. The summed E-state index contributed by atoms with van der Waals surface area (Å²) in [6.45, 7) is 9.03. The van der Waals surface area contributed by atoms with Crippen molar-refractivity contribution < 1.29 is 9.13 Å². The normalized spacial score (nSPS) is 14.4. The Morgan fingerprint density at radius 2 is 2.00 bits per heavy atom. The maximum Gasteiger partial charge on any atom is 0.127 e. The molecule has 0 saturated heterocycles. The Morgan fingerprint density at radius 3 is 2.59 bits per heavy atom. The van der Waals surface area contributed by atoms with E-state index < -0.39 is 0 Å². The van der Waals surface area contributed by atoms with E-state index in [0.29, 0.717) is 5.75 Å². The highest BCUT2D eigenvalue weighted by Gasteiger charge is 2.13. The van der Waals surface area contributed by atoms with E-state index in [9.17, 15) is 4.39 Å². The summed E-state index contributed by atoms with van der Waals surface area (Å²) < 4.78 is 19.0. The molecule has 0 saturated carbocycles. The summed E-state index contributed by atoms with van der Waals surface area (Å²) in [6.07, 6.45) is 1.01. The van der Waals surface area contributed by atoms with Gasteiger partial charge in [-0.25, -0.2) is 4.39 Å². The first-order valence-electron chi connectivity index (χ1n) is 6.27. The largest absolute Gasteiger partial charge is 0.490 e. The molecule has 0 aliphatic carbocycles. The van der Waals surface area contributed by atoms with Gasteiger partial charge in [0.1, 0.15) is 11.6 Å². The Morgan fingerprint density at radius 1 is 1.29 bits per heavy atom. The van der Waals surface area contributed by atoms with Crippen molar-refractivity contribution in [1.82, 2.24) is 5.32 Å². The molecule has 2 unspecified atom stereocenters. The molecule has 2 atom stereocenters. The number of nitrogens with one attached hydrogen (secondary N) is 1. The summed E-state index contributed by atoms with van der Waals surface area (Å²) >= 11 is 0. The molecule has 2 nitrogen and oxygen atoms in total. The second kappa shape index (κ2) is 6.60. The van der Waals surface area contributed by atoms with Crippen molar-refractivity contribution in [2.45, 2.75) is 46.3 Å². The van der Waals surface area contributed by atoms with Crippen LogP contribution in [-0.2, 0) is 0 Å². The first-order valence-corrected chi connectivity index (χ1v) is 6.27. The SMILES string of the molecule is CCNC(C)c1ccc(F)cc1OC(C)CC. The molecular weight excluding hydrogens is 217 g/mol. The third-order valence-corrected chi connectivity index (χ3v) is 2.86. The molecule has 0 spiro atoms. The summed E-state index contributed by atoms with van der Waals surface area (Å²) in [5.41, 5.74) is 1.01. The van der Waals surface area contributed by atoms with E-state index >= 15 is 0 Å². The number of halogens is 1. The summed E-state index contributed by atoms with van der Waals surface area (Å²) in [4.78, 5) is 0. The minimum Gasteiger partial charge on any atom is -0.490 e. The zero-order valence-corrected chi connectivity index (χ0v) is 11.1. The maximum atomic E-state index is 13.3.